The summed E-state index contributed by atoms with van der Waals surface area (Å²) in [4.78, 5) is 27.5. The molecule has 1 aliphatic heterocycles. The van der Waals surface area contributed by atoms with Crippen molar-refractivity contribution in [2.75, 3.05) is 39.5 Å². The third kappa shape index (κ3) is 6.59. The molecule has 2 fully saturated rings. The summed E-state index contributed by atoms with van der Waals surface area (Å²) >= 11 is 0. The van der Waals surface area contributed by atoms with E-state index in [9.17, 15) is 18.2 Å². The lowest BCUT2D eigenvalue weighted by molar-refractivity contribution is 0.0696. The van der Waals surface area contributed by atoms with E-state index in [1.165, 1.54) is 19.2 Å². The number of aromatic nitrogens is 2. The number of methoxy groups -OCH3 is 1. The lowest BCUT2D eigenvalue weighted by Gasteiger charge is -2.33. The molecule has 0 radical (unpaired) electrons. The predicted octanol–water partition coefficient (Wildman–Crippen LogP) is 3.01. The van der Waals surface area contributed by atoms with Crippen molar-refractivity contribution >= 4 is 22.8 Å². The lowest BCUT2D eigenvalue weighted by atomic mass is 10.1. The van der Waals surface area contributed by atoms with Crippen molar-refractivity contribution in [3.8, 4) is 11.5 Å². The number of hydrogen-bond acceptors (Lipinski definition) is 6. The summed E-state index contributed by atoms with van der Waals surface area (Å²) in [5.41, 5.74) is 2.77. The normalized spacial score (nSPS) is 16.3. The van der Waals surface area contributed by atoms with Crippen molar-refractivity contribution < 1.29 is 27.7 Å². The Kier molecular flexibility index (Phi) is 8.69. The first-order valence-corrected chi connectivity index (χ1v) is 15.0. The molecule has 1 atom stereocenters. The molecule has 0 spiro atoms. The molecule has 2 heterocycles. The number of rotatable bonds is 10. The molecule has 1 unspecified atom stereocenters. The van der Waals surface area contributed by atoms with Crippen molar-refractivity contribution in [1.82, 2.24) is 24.3 Å². The van der Waals surface area contributed by atoms with Crippen LogP contribution in [0.4, 0.5) is 4.39 Å². The second kappa shape index (κ2) is 12.4. The van der Waals surface area contributed by atoms with Crippen LogP contribution in [0.3, 0.4) is 0 Å². The maximum Gasteiger partial charge on any atom is 0.269 e. The van der Waals surface area contributed by atoms with Gasteiger partial charge in [-0.3, -0.25) is 14.3 Å². The number of carbonyl (C=O) groups is 2. The highest BCUT2D eigenvalue weighted by Crippen LogP contribution is 2.39. The Morgan fingerprint density at radius 2 is 1.88 bits per heavy atom. The second-order valence-electron chi connectivity index (χ2n) is 10.2. The number of halogens is 1. The highest BCUT2D eigenvalue weighted by molar-refractivity contribution is 7.81. The molecule has 2 aromatic carbocycles. The number of para-hydroxylation sites is 1. The number of benzene rings is 2. The summed E-state index contributed by atoms with van der Waals surface area (Å²) in [5.74, 6) is 0.148. The zero-order valence-electron chi connectivity index (χ0n) is 23.4. The average Bonchev–Trinajstić information content (AvgIpc) is 3.76. The highest BCUT2D eigenvalue weighted by Gasteiger charge is 2.28. The zero-order valence-corrected chi connectivity index (χ0v) is 24.2. The molecule has 1 aromatic heterocycles. The molecule has 1 saturated carbocycles. The van der Waals surface area contributed by atoms with E-state index in [0.717, 1.165) is 24.1 Å². The fraction of sp³-hybridized carbons (Fsp3) is 0.414. The molecule has 2 aliphatic rings. The van der Waals surface area contributed by atoms with E-state index in [2.05, 4.69) is 10.4 Å². The van der Waals surface area contributed by atoms with Crippen LogP contribution in [0.5, 0.6) is 11.5 Å². The summed E-state index contributed by atoms with van der Waals surface area (Å²) in [6.07, 6.45) is 3.82. The summed E-state index contributed by atoms with van der Waals surface area (Å²) in [7, 11) is 2.19. The fourth-order valence-electron chi connectivity index (χ4n) is 4.90. The number of nitrogens with zero attached hydrogens (tertiary/aromatic N) is 4. The van der Waals surface area contributed by atoms with Crippen LogP contribution >= 0.6 is 0 Å². The number of nitrogens with one attached hydrogen (secondary N) is 1. The van der Waals surface area contributed by atoms with Crippen molar-refractivity contribution in [3.05, 3.63) is 76.4 Å². The second-order valence-corrected chi connectivity index (χ2v) is 11.6. The molecule has 5 rings (SSSR count). The molecule has 1 N–H and O–H groups in total. The monoisotopic (exact) mass is 583 g/mol. The van der Waals surface area contributed by atoms with Crippen LogP contribution in [0.2, 0.25) is 0 Å². The van der Waals surface area contributed by atoms with Gasteiger partial charge in [0, 0.05) is 57.5 Å². The van der Waals surface area contributed by atoms with Gasteiger partial charge in [0.2, 0.25) is 0 Å². The number of ether oxygens (including phenoxy) is 2. The van der Waals surface area contributed by atoms with Crippen LogP contribution < -0.4 is 14.8 Å². The Hall–Kier alpha value is -3.77. The largest absolute Gasteiger partial charge is 0.493 e. The number of amides is 2. The first kappa shape index (κ1) is 28.7. The highest BCUT2D eigenvalue weighted by atomic mass is 32.2. The van der Waals surface area contributed by atoms with E-state index in [0.29, 0.717) is 54.9 Å². The Morgan fingerprint density at radius 3 is 2.56 bits per heavy atom. The molecule has 1 aliphatic carbocycles. The topological polar surface area (TPSA) is 106 Å². The Balaban J connectivity index is 1.23. The Labute approximate surface area is 241 Å². The van der Waals surface area contributed by atoms with Crippen LogP contribution in [0, 0.1) is 5.82 Å². The SMILES string of the molecule is COc1c(CNC(=O)c2cc(C3CC3)nn2C)cccc1OCc1ccc(F)c(C(=O)N2CCN(S(C)=O)CC2)c1. The fourth-order valence-corrected chi connectivity index (χ4v) is 5.58. The summed E-state index contributed by atoms with van der Waals surface area (Å²) in [5, 5.41) is 7.39. The van der Waals surface area contributed by atoms with Gasteiger partial charge in [0.1, 0.15) is 18.1 Å². The maximum absolute atomic E-state index is 14.6. The van der Waals surface area contributed by atoms with Gasteiger partial charge in [0.05, 0.1) is 29.4 Å². The van der Waals surface area contributed by atoms with Gasteiger partial charge in [0.15, 0.2) is 11.5 Å². The van der Waals surface area contributed by atoms with E-state index in [4.69, 9.17) is 9.47 Å². The minimum absolute atomic E-state index is 0.0272. The van der Waals surface area contributed by atoms with Crippen LogP contribution in [0.1, 0.15) is 56.4 Å². The molecular formula is C29H34FN5O5S. The van der Waals surface area contributed by atoms with Gasteiger partial charge in [-0.1, -0.05) is 18.2 Å². The third-order valence-electron chi connectivity index (χ3n) is 7.38. The smallest absolute Gasteiger partial charge is 0.269 e. The van der Waals surface area contributed by atoms with Gasteiger partial charge in [0.25, 0.3) is 11.8 Å². The van der Waals surface area contributed by atoms with Crippen LogP contribution in [0.15, 0.2) is 42.5 Å². The van der Waals surface area contributed by atoms with Crippen molar-refractivity contribution in [3.63, 3.8) is 0 Å². The van der Waals surface area contributed by atoms with E-state index >= 15 is 0 Å². The molecule has 10 nitrogen and oxygen atoms in total. The molecule has 0 bridgehead atoms. The minimum Gasteiger partial charge on any atom is -0.493 e. The van der Waals surface area contributed by atoms with E-state index < -0.39 is 22.7 Å². The van der Waals surface area contributed by atoms with Gasteiger partial charge < -0.3 is 19.7 Å². The molecular weight excluding hydrogens is 549 g/mol. The van der Waals surface area contributed by atoms with E-state index in [-0.39, 0.29) is 24.6 Å². The first-order chi connectivity index (χ1) is 19.7. The summed E-state index contributed by atoms with van der Waals surface area (Å²) < 4.78 is 41.4. The van der Waals surface area contributed by atoms with Gasteiger partial charge in [-0.25, -0.2) is 12.9 Å². The van der Waals surface area contributed by atoms with Crippen LogP contribution in [-0.2, 0) is 31.2 Å². The third-order valence-corrected chi connectivity index (χ3v) is 8.47. The summed E-state index contributed by atoms with van der Waals surface area (Å²) in [6, 6.07) is 11.6. The Bertz CT molecular complexity index is 1470. The van der Waals surface area contributed by atoms with Gasteiger partial charge in [-0.2, -0.15) is 5.10 Å². The van der Waals surface area contributed by atoms with E-state index in [1.807, 2.05) is 12.1 Å². The number of aryl methyl sites for hydroxylation is 1. The molecule has 1 saturated heterocycles. The van der Waals surface area contributed by atoms with Crippen LogP contribution in [0.25, 0.3) is 0 Å². The van der Waals surface area contributed by atoms with E-state index in [1.54, 1.807) is 45.4 Å². The quantitative estimate of drug-likeness (QED) is 0.394. The number of carbonyl (C=O) groups excluding carboxylic acids is 2. The molecule has 41 heavy (non-hydrogen) atoms. The number of piperazine rings is 1. The molecule has 2 amide bonds. The average molecular weight is 584 g/mol. The zero-order chi connectivity index (χ0) is 29.1. The molecule has 218 valence electrons. The summed E-state index contributed by atoms with van der Waals surface area (Å²) in [6.45, 7) is 1.99. The van der Waals surface area contributed by atoms with Gasteiger partial charge >= 0.3 is 0 Å². The molecule has 12 heteroatoms. The van der Waals surface area contributed by atoms with Crippen molar-refractivity contribution in [2.45, 2.75) is 31.9 Å². The van der Waals surface area contributed by atoms with Crippen LogP contribution in [-0.4, -0.2) is 74.6 Å². The van der Waals surface area contributed by atoms with Crippen molar-refractivity contribution in [2.24, 2.45) is 7.05 Å². The molecule has 3 aromatic rings. The lowest BCUT2D eigenvalue weighted by Crippen LogP contribution is -2.49. The number of hydrogen-bond donors (Lipinski definition) is 1. The standard InChI is InChI=1S/C29H34FN5O5S/c1-33-25(16-24(32-33)20-8-9-20)28(36)31-17-21-5-4-6-26(27(21)39-2)40-18-19-7-10-23(30)22(15-19)29(37)34-11-13-35(14-12-34)41(3)38/h4-7,10,15-16,20H,8-9,11-14,17-18H2,1-3H3,(H,31,36). The Morgan fingerprint density at radius 1 is 1.12 bits per heavy atom. The minimum atomic E-state index is -1.10. The first-order valence-electron chi connectivity index (χ1n) is 13.5. The van der Waals surface area contributed by atoms with Gasteiger partial charge in [-0.15, -0.1) is 0 Å². The predicted molar refractivity (Wildman–Crippen MR) is 152 cm³/mol. The maximum atomic E-state index is 14.6. The van der Waals surface area contributed by atoms with Crippen molar-refractivity contribution in [1.29, 1.82) is 0 Å². The van der Waals surface area contributed by atoms with Gasteiger partial charge in [-0.05, 0) is 42.7 Å².